The highest BCUT2D eigenvalue weighted by Gasteiger charge is 2.45. The minimum atomic E-state index is -4.23. The van der Waals surface area contributed by atoms with Crippen LogP contribution in [-0.2, 0) is 0 Å². The maximum Gasteiger partial charge on any atom is 0.391 e. The van der Waals surface area contributed by atoms with Gasteiger partial charge in [-0.25, -0.2) is 20.8 Å². The number of hydrogen-bond acceptors (Lipinski definition) is 7. The van der Waals surface area contributed by atoms with Gasteiger partial charge in [-0.1, -0.05) is 0 Å². The normalized spacial score (nSPS) is 19.5. The van der Waals surface area contributed by atoms with Crippen LogP contribution in [0.25, 0.3) is 0 Å². The number of hydrogen-bond donors (Lipinski definition) is 1. The lowest BCUT2D eigenvalue weighted by Gasteiger charge is -2.35. The quantitative estimate of drug-likeness (QED) is 0.170. The van der Waals surface area contributed by atoms with Crippen molar-refractivity contribution in [3.63, 3.8) is 0 Å². The Hall–Kier alpha value is -2.48. The molecule has 8 nitrogen and oxygen atoms in total. The topological polar surface area (TPSA) is 95.7 Å². The number of nitrogens with two attached hydrogens (primary N) is 1. The fraction of sp³-hybridized carbons (Fsp3) is 0.538. The molecule has 1 spiro atoms. The highest BCUT2D eigenvalue weighted by molar-refractivity contribution is 14.1. The van der Waals surface area contributed by atoms with E-state index in [0.29, 0.717) is 21.7 Å². The van der Waals surface area contributed by atoms with Crippen LogP contribution >= 0.6 is 22.6 Å². The summed E-state index contributed by atoms with van der Waals surface area (Å²) in [6.45, 7) is 3.59. The van der Waals surface area contributed by atoms with Crippen molar-refractivity contribution in [1.82, 2.24) is 15.0 Å². The third-order valence-corrected chi connectivity index (χ3v) is 8.72. The zero-order valence-corrected chi connectivity index (χ0v) is 23.3. The van der Waals surface area contributed by atoms with Crippen molar-refractivity contribution < 1.29 is 22.8 Å². The second kappa shape index (κ2) is 10.2. The van der Waals surface area contributed by atoms with Crippen molar-refractivity contribution in [3.05, 3.63) is 44.8 Å². The fourth-order valence-electron chi connectivity index (χ4n) is 5.40. The van der Waals surface area contributed by atoms with Gasteiger partial charge in [-0.15, -0.1) is 0 Å². The number of carbonyl (C=O) groups excluding carboxylic acids is 2. The van der Waals surface area contributed by atoms with Crippen LogP contribution in [0.5, 0.6) is 0 Å². The molecule has 0 radical (unpaired) electrons. The number of nitrogens with zero attached hydrogens (tertiary/aromatic N) is 5. The second-order valence-corrected chi connectivity index (χ2v) is 11.9. The molecule has 3 heterocycles. The van der Waals surface area contributed by atoms with Crippen LogP contribution in [0.2, 0.25) is 0 Å². The summed E-state index contributed by atoms with van der Waals surface area (Å²) in [7, 11) is 0. The lowest BCUT2D eigenvalue weighted by molar-refractivity contribution is -0.179. The molecule has 0 bridgehead atoms. The average Bonchev–Trinajstić information content (AvgIpc) is 3.65. The van der Waals surface area contributed by atoms with Crippen molar-refractivity contribution >= 4 is 46.0 Å². The molecule has 3 aliphatic rings. The molecule has 2 amide bonds. The SMILES string of the molecule is Cc1cc(C(=O)N(N)C(=O)c2ccc(I)cc2N2CCC3(CC2)CC3)nc(N2CCC(C(F)(F)F)CC2)n1. The Morgan fingerprint density at radius 2 is 1.66 bits per heavy atom. The number of piperidine rings is 2. The molecule has 204 valence electrons. The van der Waals surface area contributed by atoms with E-state index in [1.54, 1.807) is 24.0 Å². The van der Waals surface area contributed by atoms with Gasteiger partial charge in [0.15, 0.2) is 0 Å². The van der Waals surface area contributed by atoms with E-state index in [0.717, 1.165) is 35.2 Å². The Balaban J connectivity index is 1.33. The Labute approximate surface area is 232 Å². The number of anilines is 2. The van der Waals surface area contributed by atoms with Crippen LogP contribution in [0.3, 0.4) is 0 Å². The third-order valence-electron chi connectivity index (χ3n) is 8.05. The zero-order valence-electron chi connectivity index (χ0n) is 21.1. The van der Waals surface area contributed by atoms with Crippen molar-refractivity contribution in [2.45, 2.75) is 51.6 Å². The number of aromatic nitrogens is 2. The molecule has 1 aliphatic carbocycles. The molecule has 2 aromatic rings. The van der Waals surface area contributed by atoms with Crippen LogP contribution in [-0.4, -0.2) is 59.1 Å². The van der Waals surface area contributed by atoms with Crippen LogP contribution < -0.4 is 15.6 Å². The van der Waals surface area contributed by atoms with Gasteiger partial charge in [-0.3, -0.25) is 9.59 Å². The van der Waals surface area contributed by atoms with E-state index in [-0.39, 0.29) is 37.6 Å². The van der Waals surface area contributed by atoms with Gasteiger partial charge in [-0.05, 0) is 97.7 Å². The Kier molecular flexibility index (Phi) is 7.31. The molecule has 38 heavy (non-hydrogen) atoms. The summed E-state index contributed by atoms with van der Waals surface area (Å²) >= 11 is 2.20. The molecule has 0 unspecified atom stereocenters. The van der Waals surface area contributed by atoms with E-state index in [9.17, 15) is 22.8 Å². The maximum absolute atomic E-state index is 13.5. The van der Waals surface area contributed by atoms with Gasteiger partial charge in [0.05, 0.1) is 17.2 Å². The molecule has 2 saturated heterocycles. The monoisotopic (exact) mass is 642 g/mol. The summed E-state index contributed by atoms with van der Waals surface area (Å²) in [5, 5.41) is 0.569. The van der Waals surface area contributed by atoms with Gasteiger partial charge in [0, 0.05) is 35.4 Å². The standard InChI is InChI=1S/C26H30F3IN6O2/c1-16-14-20(33-24(32-16)35-10-4-17(5-11-35)26(27,28)29)23(38)36(31)22(37)19-3-2-18(30)15-21(19)34-12-8-25(6-7-25)9-13-34/h2-3,14-15,17H,4-13,31H2,1H3. The predicted molar refractivity (Wildman–Crippen MR) is 145 cm³/mol. The van der Waals surface area contributed by atoms with E-state index in [4.69, 9.17) is 5.84 Å². The Morgan fingerprint density at radius 3 is 2.26 bits per heavy atom. The number of aryl methyl sites for hydroxylation is 1. The molecule has 2 N–H and O–H groups in total. The molecule has 2 aliphatic heterocycles. The van der Waals surface area contributed by atoms with E-state index >= 15 is 0 Å². The first-order valence-electron chi connectivity index (χ1n) is 12.8. The number of rotatable bonds is 4. The first kappa shape index (κ1) is 27.1. The van der Waals surface area contributed by atoms with Crippen LogP contribution in [0, 0.1) is 21.8 Å². The summed E-state index contributed by atoms with van der Waals surface area (Å²) < 4.78 is 40.2. The largest absolute Gasteiger partial charge is 0.391 e. The Morgan fingerprint density at radius 1 is 1.00 bits per heavy atom. The predicted octanol–water partition coefficient (Wildman–Crippen LogP) is 4.71. The smallest absolute Gasteiger partial charge is 0.371 e. The van der Waals surface area contributed by atoms with Gasteiger partial charge < -0.3 is 9.80 Å². The van der Waals surface area contributed by atoms with Crippen molar-refractivity contribution in [1.29, 1.82) is 0 Å². The average molecular weight is 642 g/mol. The lowest BCUT2D eigenvalue weighted by atomic mass is 9.93. The molecule has 0 atom stereocenters. The van der Waals surface area contributed by atoms with E-state index in [2.05, 4.69) is 37.5 Å². The minimum absolute atomic E-state index is 0.0706. The van der Waals surface area contributed by atoms with Crippen LogP contribution in [0.15, 0.2) is 24.3 Å². The molecule has 12 heteroatoms. The number of amides is 2. The first-order chi connectivity index (χ1) is 18.0. The van der Waals surface area contributed by atoms with Gasteiger partial charge in [0.25, 0.3) is 11.8 Å². The summed E-state index contributed by atoms with van der Waals surface area (Å²) in [6.07, 6.45) is 0.330. The number of halogens is 4. The van der Waals surface area contributed by atoms with Crippen LogP contribution in [0.4, 0.5) is 24.8 Å². The van der Waals surface area contributed by atoms with Crippen molar-refractivity contribution in [2.24, 2.45) is 17.2 Å². The summed E-state index contributed by atoms with van der Waals surface area (Å²) in [5.74, 6) is 3.43. The van der Waals surface area contributed by atoms with Gasteiger partial charge >= 0.3 is 6.18 Å². The molecule has 1 saturated carbocycles. The number of alkyl halides is 3. The molecule has 5 rings (SSSR count). The summed E-state index contributed by atoms with van der Waals surface area (Å²) in [5.41, 5.74) is 1.95. The minimum Gasteiger partial charge on any atom is -0.371 e. The zero-order chi connectivity index (χ0) is 27.2. The highest BCUT2D eigenvalue weighted by Crippen LogP contribution is 2.54. The number of imide groups is 1. The van der Waals surface area contributed by atoms with Gasteiger partial charge in [0.1, 0.15) is 5.69 Å². The van der Waals surface area contributed by atoms with Gasteiger partial charge in [-0.2, -0.15) is 13.2 Å². The lowest BCUT2D eigenvalue weighted by Crippen LogP contribution is -2.44. The number of benzene rings is 1. The van der Waals surface area contributed by atoms with Crippen molar-refractivity contribution in [2.75, 3.05) is 36.0 Å². The van der Waals surface area contributed by atoms with Crippen molar-refractivity contribution in [3.8, 4) is 0 Å². The highest BCUT2D eigenvalue weighted by atomic mass is 127. The summed E-state index contributed by atoms with van der Waals surface area (Å²) in [6, 6.07) is 6.86. The number of carbonyl (C=O) groups is 2. The molecule has 1 aromatic carbocycles. The fourth-order valence-corrected chi connectivity index (χ4v) is 5.88. The number of hydrazine groups is 1. The van der Waals surface area contributed by atoms with Gasteiger partial charge in [0.2, 0.25) is 5.95 Å². The Bertz CT molecular complexity index is 1230. The van der Waals surface area contributed by atoms with E-state index < -0.39 is 23.9 Å². The molecule has 1 aromatic heterocycles. The molecular weight excluding hydrogens is 612 g/mol. The second-order valence-electron chi connectivity index (χ2n) is 10.6. The van der Waals surface area contributed by atoms with Crippen LogP contribution in [0.1, 0.15) is 65.1 Å². The molecular formula is C26H30F3IN6O2. The first-order valence-corrected chi connectivity index (χ1v) is 13.9. The third kappa shape index (κ3) is 5.61. The van der Waals surface area contributed by atoms with E-state index in [1.807, 2.05) is 6.07 Å². The molecule has 3 fully saturated rings. The van der Waals surface area contributed by atoms with E-state index in [1.165, 1.54) is 18.9 Å². The maximum atomic E-state index is 13.5. The summed E-state index contributed by atoms with van der Waals surface area (Å²) in [4.78, 5) is 39.2.